The summed E-state index contributed by atoms with van der Waals surface area (Å²) in [6, 6.07) is 3.63. The van der Waals surface area contributed by atoms with Crippen LogP contribution in [0.5, 0.6) is 0 Å². The SMILES string of the molecule is CC(C)(C)OC(=O)NC[C@H]1CCC[C@H]1NC(=O)c1ccc[nH]1. The van der Waals surface area contributed by atoms with Crippen LogP contribution in [0.25, 0.3) is 0 Å². The quantitative estimate of drug-likeness (QED) is 0.799. The third-order valence-corrected chi connectivity index (χ3v) is 3.73. The molecule has 0 aliphatic heterocycles. The monoisotopic (exact) mass is 307 g/mol. The van der Waals surface area contributed by atoms with Crippen LogP contribution in [-0.2, 0) is 4.74 Å². The van der Waals surface area contributed by atoms with Gasteiger partial charge in [0.2, 0.25) is 0 Å². The summed E-state index contributed by atoms with van der Waals surface area (Å²) in [6.07, 6.45) is 4.30. The molecule has 0 saturated heterocycles. The van der Waals surface area contributed by atoms with Crippen LogP contribution < -0.4 is 10.6 Å². The second-order valence-electron chi connectivity index (χ2n) is 6.74. The second kappa shape index (κ2) is 6.85. The molecule has 2 rings (SSSR count). The number of ether oxygens (including phenoxy) is 1. The van der Waals surface area contributed by atoms with Crippen LogP contribution in [0, 0.1) is 5.92 Å². The summed E-state index contributed by atoms with van der Waals surface area (Å²) in [5.74, 6) is 0.144. The number of alkyl carbamates (subject to hydrolysis) is 1. The normalized spacial score (nSPS) is 21.4. The Hall–Kier alpha value is -1.98. The van der Waals surface area contributed by atoms with Gasteiger partial charge in [-0.1, -0.05) is 6.42 Å². The van der Waals surface area contributed by atoms with Gasteiger partial charge in [0, 0.05) is 18.8 Å². The molecule has 1 aromatic rings. The van der Waals surface area contributed by atoms with Gasteiger partial charge in [0.15, 0.2) is 0 Å². The Labute approximate surface area is 131 Å². The predicted octanol–water partition coefficient (Wildman–Crippen LogP) is 2.44. The van der Waals surface area contributed by atoms with Crippen molar-refractivity contribution in [3.05, 3.63) is 24.0 Å². The topological polar surface area (TPSA) is 83.2 Å². The Morgan fingerprint density at radius 3 is 2.77 bits per heavy atom. The summed E-state index contributed by atoms with van der Waals surface area (Å²) in [5, 5.41) is 5.84. The van der Waals surface area contributed by atoms with Gasteiger partial charge >= 0.3 is 6.09 Å². The van der Waals surface area contributed by atoms with Crippen molar-refractivity contribution in [1.29, 1.82) is 0 Å². The van der Waals surface area contributed by atoms with Crippen molar-refractivity contribution in [1.82, 2.24) is 15.6 Å². The number of nitrogens with one attached hydrogen (secondary N) is 3. The molecule has 6 heteroatoms. The number of aromatic nitrogens is 1. The van der Waals surface area contributed by atoms with Gasteiger partial charge in [-0.3, -0.25) is 4.79 Å². The smallest absolute Gasteiger partial charge is 0.407 e. The Morgan fingerprint density at radius 1 is 1.36 bits per heavy atom. The average molecular weight is 307 g/mol. The Morgan fingerprint density at radius 2 is 2.14 bits per heavy atom. The lowest BCUT2D eigenvalue weighted by molar-refractivity contribution is 0.0517. The summed E-state index contributed by atoms with van der Waals surface area (Å²) in [6.45, 7) is 6.02. The van der Waals surface area contributed by atoms with Crippen LogP contribution in [0.4, 0.5) is 4.79 Å². The van der Waals surface area contributed by atoms with Crippen LogP contribution in [0.1, 0.15) is 50.5 Å². The highest BCUT2D eigenvalue weighted by atomic mass is 16.6. The molecule has 0 unspecified atom stereocenters. The highest BCUT2D eigenvalue weighted by molar-refractivity contribution is 5.92. The van der Waals surface area contributed by atoms with Crippen molar-refractivity contribution in [2.75, 3.05) is 6.54 Å². The van der Waals surface area contributed by atoms with Gasteiger partial charge in [0.25, 0.3) is 5.91 Å². The van der Waals surface area contributed by atoms with E-state index >= 15 is 0 Å². The maximum absolute atomic E-state index is 12.1. The van der Waals surface area contributed by atoms with Gasteiger partial charge in [0.1, 0.15) is 11.3 Å². The van der Waals surface area contributed by atoms with E-state index in [9.17, 15) is 9.59 Å². The van der Waals surface area contributed by atoms with Gasteiger partial charge in [-0.2, -0.15) is 0 Å². The molecular weight excluding hydrogens is 282 g/mol. The maximum Gasteiger partial charge on any atom is 0.407 e. The largest absolute Gasteiger partial charge is 0.444 e. The lowest BCUT2D eigenvalue weighted by Crippen LogP contribution is -2.43. The van der Waals surface area contributed by atoms with Crippen molar-refractivity contribution in [3.63, 3.8) is 0 Å². The van der Waals surface area contributed by atoms with Crippen molar-refractivity contribution in [3.8, 4) is 0 Å². The zero-order valence-electron chi connectivity index (χ0n) is 13.4. The zero-order chi connectivity index (χ0) is 16.2. The first-order valence-corrected chi connectivity index (χ1v) is 7.76. The lowest BCUT2D eigenvalue weighted by atomic mass is 10.0. The third-order valence-electron chi connectivity index (χ3n) is 3.73. The number of carbonyl (C=O) groups excluding carboxylic acids is 2. The van der Waals surface area contributed by atoms with Gasteiger partial charge < -0.3 is 20.4 Å². The molecule has 2 atom stereocenters. The predicted molar refractivity (Wildman–Crippen MR) is 83.6 cm³/mol. The molecule has 3 N–H and O–H groups in total. The van der Waals surface area contributed by atoms with Crippen LogP contribution in [0.3, 0.4) is 0 Å². The Balaban J connectivity index is 1.81. The fourth-order valence-electron chi connectivity index (χ4n) is 2.72. The molecule has 0 bridgehead atoms. The summed E-state index contributed by atoms with van der Waals surface area (Å²) < 4.78 is 5.23. The Kier molecular flexibility index (Phi) is 5.11. The summed E-state index contributed by atoms with van der Waals surface area (Å²) in [4.78, 5) is 26.7. The third kappa shape index (κ3) is 4.79. The zero-order valence-corrected chi connectivity index (χ0v) is 13.4. The molecule has 1 heterocycles. The summed E-state index contributed by atoms with van der Waals surface area (Å²) >= 11 is 0. The molecule has 22 heavy (non-hydrogen) atoms. The number of hydrogen-bond donors (Lipinski definition) is 3. The highest BCUT2D eigenvalue weighted by Crippen LogP contribution is 2.25. The van der Waals surface area contributed by atoms with Crippen LogP contribution in [0.2, 0.25) is 0 Å². The molecular formula is C16H25N3O3. The number of amides is 2. The minimum Gasteiger partial charge on any atom is -0.444 e. The number of aromatic amines is 1. The van der Waals surface area contributed by atoms with Crippen molar-refractivity contribution < 1.29 is 14.3 Å². The minimum atomic E-state index is -0.499. The van der Waals surface area contributed by atoms with Crippen LogP contribution in [0.15, 0.2) is 18.3 Å². The first-order valence-electron chi connectivity index (χ1n) is 7.76. The molecule has 2 amide bonds. The first kappa shape index (κ1) is 16.4. The average Bonchev–Trinajstić information content (AvgIpc) is 3.05. The van der Waals surface area contributed by atoms with E-state index in [1.165, 1.54) is 0 Å². The number of rotatable bonds is 4. The van der Waals surface area contributed by atoms with Gasteiger partial charge in [-0.15, -0.1) is 0 Å². The van der Waals surface area contributed by atoms with E-state index in [4.69, 9.17) is 4.74 Å². The minimum absolute atomic E-state index is 0.0886. The van der Waals surface area contributed by atoms with Crippen LogP contribution in [-0.4, -0.2) is 35.2 Å². The van der Waals surface area contributed by atoms with Crippen molar-refractivity contribution in [2.24, 2.45) is 5.92 Å². The number of H-pyrrole nitrogens is 1. The van der Waals surface area contributed by atoms with E-state index in [1.54, 1.807) is 18.3 Å². The van der Waals surface area contributed by atoms with E-state index < -0.39 is 11.7 Å². The standard InChI is InChI=1S/C16H25N3O3/c1-16(2,3)22-15(21)18-10-11-6-4-7-12(11)19-14(20)13-8-5-9-17-13/h5,8-9,11-12,17H,4,6-7,10H2,1-3H3,(H,18,21)(H,19,20)/t11-,12-/m1/s1. The number of hydrogen-bond acceptors (Lipinski definition) is 3. The first-order chi connectivity index (χ1) is 10.3. The summed E-state index contributed by atoms with van der Waals surface area (Å²) in [5.41, 5.74) is 0.0619. The molecule has 1 fully saturated rings. The fourth-order valence-corrected chi connectivity index (χ4v) is 2.72. The van der Waals surface area contributed by atoms with Crippen LogP contribution >= 0.6 is 0 Å². The maximum atomic E-state index is 12.1. The lowest BCUT2D eigenvalue weighted by Gasteiger charge is -2.23. The highest BCUT2D eigenvalue weighted by Gasteiger charge is 2.29. The van der Waals surface area contributed by atoms with E-state index in [2.05, 4.69) is 15.6 Å². The van der Waals surface area contributed by atoms with E-state index in [0.29, 0.717) is 12.2 Å². The molecule has 0 radical (unpaired) electrons. The Bertz CT molecular complexity index is 505. The summed E-state index contributed by atoms with van der Waals surface area (Å²) in [7, 11) is 0. The number of carbonyl (C=O) groups is 2. The van der Waals surface area contributed by atoms with E-state index in [-0.39, 0.29) is 17.9 Å². The molecule has 1 aliphatic carbocycles. The van der Waals surface area contributed by atoms with Crippen molar-refractivity contribution >= 4 is 12.0 Å². The molecule has 122 valence electrons. The second-order valence-corrected chi connectivity index (χ2v) is 6.74. The van der Waals surface area contributed by atoms with E-state index in [0.717, 1.165) is 19.3 Å². The van der Waals surface area contributed by atoms with Gasteiger partial charge in [0.05, 0.1) is 0 Å². The van der Waals surface area contributed by atoms with E-state index in [1.807, 2.05) is 20.8 Å². The molecule has 0 spiro atoms. The van der Waals surface area contributed by atoms with Gasteiger partial charge in [-0.05, 0) is 51.7 Å². The van der Waals surface area contributed by atoms with Gasteiger partial charge in [-0.25, -0.2) is 4.79 Å². The fraction of sp³-hybridized carbons (Fsp3) is 0.625. The molecule has 6 nitrogen and oxygen atoms in total. The molecule has 0 aromatic carbocycles. The van der Waals surface area contributed by atoms with Crippen molar-refractivity contribution in [2.45, 2.75) is 51.7 Å². The molecule has 1 aliphatic rings. The molecule has 1 aromatic heterocycles. The molecule has 1 saturated carbocycles.